The number of rotatable bonds is 2. The molecule has 0 fully saturated rings. The van der Waals surface area contributed by atoms with Crippen molar-refractivity contribution in [2.24, 2.45) is 10.9 Å². The van der Waals surface area contributed by atoms with Crippen LogP contribution in [0, 0.1) is 17.0 Å². The first kappa shape index (κ1) is 9.97. The number of nitrogens with two attached hydrogens (primary N) is 1. The van der Waals surface area contributed by atoms with Gasteiger partial charge in [0.15, 0.2) is 5.84 Å². The number of nitro benzene ring substituents is 1. The lowest BCUT2D eigenvalue weighted by atomic mass is 10.1. The van der Waals surface area contributed by atoms with Gasteiger partial charge in [-0.25, -0.2) is 0 Å². The molecule has 0 bridgehead atoms. The fraction of sp³-hybridized carbons (Fsp3) is 0.125. The molecule has 1 aromatic carbocycles. The summed E-state index contributed by atoms with van der Waals surface area (Å²) >= 11 is 0. The van der Waals surface area contributed by atoms with Crippen molar-refractivity contribution in [3.8, 4) is 0 Å². The summed E-state index contributed by atoms with van der Waals surface area (Å²) in [5, 5.41) is 21.7. The summed E-state index contributed by atoms with van der Waals surface area (Å²) in [4.78, 5) is 9.90. The lowest BCUT2D eigenvalue weighted by molar-refractivity contribution is -0.384. The van der Waals surface area contributed by atoms with Gasteiger partial charge in [-0.3, -0.25) is 10.1 Å². The molecule has 1 aromatic rings. The SMILES string of the molecule is Cc1ccc([N+](=O)[O-])cc1C(N)=NO. The van der Waals surface area contributed by atoms with Crippen LogP contribution in [0.15, 0.2) is 23.4 Å². The van der Waals surface area contributed by atoms with Crippen molar-refractivity contribution in [2.75, 3.05) is 0 Å². The normalized spacial score (nSPS) is 11.4. The van der Waals surface area contributed by atoms with Crippen molar-refractivity contribution in [3.63, 3.8) is 0 Å². The number of benzene rings is 1. The van der Waals surface area contributed by atoms with E-state index in [4.69, 9.17) is 10.9 Å². The van der Waals surface area contributed by atoms with Gasteiger partial charge in [0.05, 0.1) is 4.92 Å². The van der Waals surface area contributed by atoms with Gasteiger partial charge < -0.3 is 10.9 Å². The molecular formula is C8H9N3O3. The quantitative estimate of drug-likeness (QED) is 0.241. The van der Waals surface area contributed by atoms with Crippen LogP contribution in [0.25, 0.3) is 0 Å². The van der Waals surface area contributed by atoms with Crippen LogP contribution in [0.1, 0.15) is 11.1 Å². The molecule has 1 rings (SSSR count). The predicted molar refractivity (Wildman–Crippen MR) is 50.3 cm³/mol. The first-order valence-electron chi connectivity index (χ1n) is 3.79. The third-order valence-electron chi connectivity index (χ3n) is 1.82. The van der Waals surface area contributed by atoms with Crippen molar-refractivity contribution in [3.05, 3.63) is 39.4 Å². The van der Waals surface area contributed by atoms with E-state index >= 15 is 0 Å². The lowest BCUT2D eigenvalue weighted by Gasteiger charge is -2.02. The zero-order valence-corrected chi connectivity index (χ0v) is 7.47. The molecular weight excluding hydrogens is 186 g/mol. The minimum absolute atomic E-state index is 0.0859. The summed E-state index contributed by atoms with van der Waals surface area (Å²) < 4.78 is 0. The highest BCUT2D eigenvalue weighted by Gasteiger charge is 2.10. The monoisotopic (exact) mass is 195 g/mol. The van der Waals surface area contributed by atoms with Crippen LogP contribution in [0.4, 0.5) is 5.69 Å². The molecule has 14 heavy (non-hydrogen) atoms. The molecule has 3 N–H and O–H groups in total. The zero-order valence-electron chi connectivity index (χ0n) is 7.47. The number of aryl methyl sites for hydroxylation is 1. The summed E-state index contributed by atoms with van der Waals surface area (Å²) in [6, 6.07) is 4.18. The Morgan fingerprint density at radius 1 is 1.64 bits per heavy atom. The highest BCUT2D eigenvalue weighted by Crippen LogP contribution is 2.16. The minimum Gasteiger partial charge on any atom is -0.409 e. The van der Waals surface area contributed by atoms with E-state index in [1.807, 2.05) is 0 Å². The summed E-state index contributed by atoms with van der Waals surface area (Å²) in [6.45, 7) is 1.72. The number of amidine groups is 1. The highest BCUT2D eigenvalue weighted by molar-refractivity contribution is 5.98. The first-order valence-corrected chi connectivity index (χ1v) is 3.79. The van der Waals surface area contributed by atoms with Crippen LogP contribution in [0.2, 0.25) is 0 Å². The van der Waals surface area contributed by atoms with E-state index in [9.17, 15) is 10.1 Å². The Morgan fingerprint density at radius 3 is 2.79 bits per heavy atom. The van der Waals surface area contributed by atoms with Crippen molar-refractivity contribution in [1.82, 2.24) is 0 Å². The van der Waals surface area contributed by atoms with E-state index < -0.39 is 4.92 Å². The molecule has 6 heteroatoms. The fourth-order valence-electron chi connectivity index (χ4n) is 1.05. The van der Waals surface area contributed by atoms with Crippen LogP contribution in [-0.4, -0.2) is 16.0 Å². The second-order valence-corrected chi connectivity index (χ2v) is 2.74. The highest BCUT2D eigenvalue weighted by atomic mass is 16.6. The van der Waals surface area contributed by atoms with E-state index in [1.165, 1.54) is 12.1 Å². The number of non-ortho nitro benzene ring substituents is 1. The Kier molecular flexibility index (Phi) is 2.66. The van der Waals surface area contributed by atoms with E-state index in [-0.39, 0.29) is 11.5 Å². The zero-order chi connectivity index (χ0) is 10.7. The Bertz CT molecular complexity index is 401. The molecule has 74 valence electrons. The number of hydrogen-bond donors (Lipinski definition) is 2. The smallest absolute Gasteiger partial charge is 0.270 e. The molecule has 0 saturated heterocycles. The van der Waals surface area contributed by atoms with Crippen LogP contribution in [0.3, 0.4) is 0 Å². The average molecular weight is 195 g/mol. The van der Waals surface area contributed by atoms with Gasteiger partial charge in [0.2, 0.25) is 0 Å². The second kappa shape index (κ2) is 3.73. The average Bonchev–Trinajstić information content (AvgIpc) is 2.17. The van der Waals surface area contributed by atoms with E-state index in [0.717, 1.165) is 0 Å². The minimum atomic E-state index is -0.534. The molecule has 0 aliphatic carbocycles. The number of nitrogens with zero attached hydrogens (tertiary/aromatic N) is 2. The second-order valence-electron chi connectivity index (χ2n) is 2.74. The molecule has 0 spiro atoms. The van der Waals surface area contributed by atoms with Crippen LogP contribution in [-0.2, 0) is 0 Å². The topological polar surface area (TPSA) is 102 Å². The fourth-order valence-corrected chi connectivity index (χ4v) is 1.05. The van der Waals surface area contributed by atoms with E-state index in [1.54, 1.807) is 13.0 Å². The molecule has 0 saturated carbocycles. The third kappa shape index (κ3) is 1.79. The van der Waals surface area contributed by atoms with Gasteiger partial charge in [0.25, 0.3) is 5.69 Å². The Labute approximate surface area is 79.8 Å². The Morgan fingerprint density at radius 2 is 2.29 bits per heavy atom. The number of oxime groups is 1. The first-order chi connectivity index (χ1) is 6.56. The third-order valence-corrected chi connectivity index (χ3v) is 1.82. The molecule has 0 aromatic heterocycles. The maximum atomic E-state index is 10.4. The van der Waals surface area contributed by atoms with Crippen molar-refractivity contribution < 1.29 is 10.1 Å². The summed E-state index contributed by atoms with van der Waals surface area (Å²) in [6.07, 6.45) is 0. The molecule has 0 atom stereocenters. The standard InChI is InChI=1S/C8H9N3O3/c1-5-2-3-6(11(13)14)4-7(5)8(9)10-12/h2-4,12H,1H3,(H2,9,10). The van der Waals surface area contributed by atoms with Crippen molar-refractivity contribution in [1.29, 1.82) is 0 Å². The van der Waals surface area contributed by atoms with Gasteiger partial charge in [-0.2, -0.15) is 0 Å². The predicted octanol–water partition coefficient (Wildman–Crippen LogP) is 0.998. The molecule has 0 radical (unpaired) electrons. The van der Waals surface area contributed by atoms with Gasteiger partial charge in [-0.15, -0.1) is 0 Å². The lowest BCUT2D eigenvalue weighted by Crippen LogP contribution is -2.14. The largest absolute Gasteiger partial charge is 0.409 e. The molecule has 0 unspecified atom stereocenters. The molecule has 0 aliphatic rings. The van der Waals surface area contributed by atoms with E-state index in [0.29, 0.717) is 11.1 Å². The van der Waals surface area contributed by atoms with Gasteiger partial charge in [-0.05, 0) is 12.5 Å². The molecule has 0 aliphatic heterocycles. The van der Waals surface area contributed by atoms with Gasteiger partial charge in [0, 0.05) is 17.7 Å². The molecule has 6 nitrogen and oxygen atoms in total. The van der Waals surface area contributed by atoms with Crippen LogP contribution in [0.5, 0.6) is 0 Å². The van der Waals surface area contributed by atoms with E-state index in [2.05, 4.69) is 5.16 Å². The summed E-state index contributed by atoms with van der Waals surface area (Å²) in [7, 11) is 0. The van der Waals surface area contributed by atoms with Crippen LogP contribution < -0.4 is 5.73 Å². The summed E-state index contributed by atoms with van der Waals surface area (Å²) in [5.74, 6) is -0.133. The number of hydrogen-bond acceptors (Lipinski definition) is 4. The Balaban J connectivity index is 3.28. The molecule has 0 heterocycles. The van der Waals surface area contributed by atoms with Crippen molar-refractivity contribution >= 4 is 11.5 Å². The maximum Gasteiger partial charge on any atom is 0.270 e. The van der Waals surface area contributed by atoms with Gasteiger partial charge in [-0.1, -0.05) is 11.2 Å². The van der Waals surface area contributed by atoms with Gasteiger partial charge in [0.1, 0.15) is 0 Å². The number of nitro groups is 1. The van der Waals surface area contributed by atoms with Crippen molar-refractivity contribution in [2.45, 2.75) is 6.92 Å². The van der Waals surface area contributed by atoms with Gasteiger partial charge >= 0.3 is 0 Å². The van der Waals surface area contributed by atoms with Crippen LogP contribution >= 0.6 is 0 Å². The maximum absolute atomic E-state index is 10.4. The Hall–Kier alpha value is -2.11. The molecule has 0 amide bonds. The summed E-state index contributed by atoms with van der Waals surface area (Å²) in [5.41, 5.74) is 6.33.